The van der Waals surface area contributed by atoms with Gasteiger partial charge in [-0.2, -0.15) is 0 Å². The first-order valence-corrected chi connectivity index (χ1v) is 8.73. The fourth-order valence-corrected chi connectivity index (χ4v) is 2.69. The van der Waals surface area contributed by atoms with Gasteiger partial charge in [0.2, 0.25) is 0 Å². The second kappa shape index (κ2) is 6.73. The van der Waals surface area contributed by atoms with E-state index < -0.39 is 0 Å². The van der Waals surface area contributed by atoms with E-state index in [1.54, 1.807) is 0 Å². The standard InChI is InChI=1S/C21H22N2O2/c1-14(22)21-11-16-4-5-20(10-17(16)12-23-21)25-19-8-6-18(7-9-19)24-13-15-2-3-15/h4-12,14-15H,2-3,13,22H2,1H3. The normalized spacial score (nSPS) is 15.1. The van der Waals surface area contributed by atoms with Crippen molar-refractivity contribution >= 4 is 10.8 Å². The second-order valence-corrected chi connectivity index (χ2v) is 6.73. The minimum atomic E-state index is -0.0685. The van der Waals surface area contributed by atoms with Gasteiger partial charge in [-0.1, -0.05) is 6.07 Å². The number of hydrogen-bond donors (Lipinski definition) is 1. The number of hydrogen-bond acceptors (Lipinski definition) is 4. The van der Waals surface area contributed by atoms with Crippen LogP contribution >= 0.6 is 0 Å². The van der Waals surface area contributed by atoms with E-state index in [2.05, 4.69) is 4.98 Å². The molecule has 0 saturated heterocycles. The van der Waals surface area contributed by atoms with Crippen molar-refractivity contribution in [2.75, 3.05) is 6.61 Å². The van der Waals surface area contributed by atoms with Crippen molar-refractivity contribution in [1.29, 1.82) is 0 Å². The van der Waals surface area contributed by atoms with Gasteiger partial charge in [0, 0.05) is 17.6 Å². The number of rotatable bonds is 6. The number of benzene rings is 2. The van der Waals surface area contributed by atoms with Gasteiger partial charge in [0.15, 0.2) is 0 Å². The molecule has 1 unspecified atom stereocenters. The lowest BCUT2D eigenvalue weighted by molar-refractivity contribution is 0.299. The Bertz CT molecular complexity index is 871. The van der Waals surface area contributed by atoms with Crippen molar-refractivity contribution in [3.63, 3.8) is 0 Å². The highest BCUT2D eigenvalue weighted by atomic mass is 16.5. The third-order valence-electron chi connectivity index (χ3n) is 4.42. The van der Waals surface area contributed by atoms with Crippen LogP contribution in [0.3, 0.4) is 0 Å². The molecule has 0 spiro atoms. The molecule has 0 radical (unpaired) electrons. The summed E-state index contributed by atoms with van der Waals surface area (Å²) in [5.74, 6) is 3.23. The van der Waals surface area contributed by atoms with E-state index in [4.69, 9.17) is 15.2 Å². The monoisotopic (exact) mass is 334 g/mol. The maximum atomic E-state index is 5.95. The maximum Gasteiger partial charge on any atom is 0.128 e. The zero-order valence-electron chi connectivity index (χ0n) is 14.3. The van der Waals surface area contributed by atoms with E-state index in [1.807, 2.05) is 61.7 Å². The Morgan fingerprint density at radius 2 is 1.72 bits per heavy atom. The molecule has 1 atom stereocenters. The molecular formula is C21H22N2O2. The van der Waals surface area contributed by atoms with Crippen molar-refractivity contribution in [3.8, 4) is 17.2 Å². The van der Waals surface area contributed by atoms with E-state index in [1.165, 1.54) is 12.8 Å². The van der Waals surface area contributed by atoms with Gasteiger partial charge in [0.1, 0.15) is 17.2 Å². The number of pyridine rings is 1. The molecule has 3 aromatic rings. The molecule has 1 aliphatic carbocycles. The molecule has 1 saturated carbocycles. The van der Waals surface area contributed by atoms with Gasteiger partial charge in [-0.05, 0) is 73.5 Å². The summed E-state index contributed by atoms with van der Waals surface area (Å²) in [6, 6.07) is 15.7. The van der Waals surface area contributed by atoms with Gasteiger partial charge >= 0.3 is 0 Å². The average Bonchev–Trinajstić information content (AvgIpc) is 3.45. The largest absolute Gasteiger partial charge is 0.493 e. The first-order chi connectivity index (χ1) is 12.2. The summed E-state index contributed by atoms with van der Waals surface area (Å²) >= 11 is 0. The van der Waals surface area contributed by atoms with Crippen LogP contribution in [0.15, 0.2) is 54.7 Å². The zero-order valence-corrected chi connectivity index (χ0v) is 14.3. The van der Waals surface area contributed by atoms with E-state index in [-0.39, 0.29) is 6.04 Å². The quantitative estimate of drug-likeness (QED) is 0.701. The minimum absolute atomic E-state index is 0.0685. The Morgan fingerprint density at radius 1 is 1.00 bits per heavy atom. The summed E-state index contributed by atoms with van der Waals surface area (Å²) in [6.45, 7) is 2.75. The summed E-state index contributed by atoms with van der Waals surface area (Å²) in [5.41, 5.74) is 6.78. The number of fused-ring (bicyclic) bond motifs is 1. The van der Waals surface area contributed by atoms with E-state index in [9.17, 15) is 0 Å². The van der Waals surface area contributed by atoms with Gasteiger partial charge in [0.25, 0.3) is 0 Å². The smallest absolute Gasteiger partial charge is 0.128 e. The van der Waals surface area contributed by atoms with Crippen LogP contribution in [0, 0.1) is 5.92 Å². The fraction of sp³-hybridized carbons (Fsp3) is 0.286. The maximum absolute atomic E-state index is 5.95. The van der Waals surface area contributed by atoms with Crippen molar-refractivity contribution in [2.45, 2.75) is 25.8 Å². The zero-order chi connectivity index (χ0) is 17.2. The summed E-state index contributed by atoms with van der Waals surface area (Å²) in [5, 5.41) is 2.14. The lowest BCUT2D eigenvalue weighted by atomic mass is 10.1. The lowest BCUT2D eigenvalue weighted by Gasteiger charge is -2.10. The number of ether oxygens (including phenoxy) is 2. The fourth-order valence-electron chi connectivity index (χ4n) is 2.69. The summed E-state index contributed by atoms with van der Waals surface area (Å²) in [7, 11) is 0. The molecule has 4 heteroatoms. The minimum Gasteiger partial charge on any atom is -0.493 e. The van der Waals surface area contributed by atoms with Gasteiger partial charge < -0.3 is 15.2 Å². The Balaban J connectivity index is 1.46. The van der Waals surface area contributed by atoms with Crippen LogP contribution in [-0.2, 0) is 0 Å². The van der Waals surface area contributed by atoms with Crippen LogP contribution in [0.5, 0.6) is 17.2 Å². The van der Waals surface area contributed by atoms with E-state index >= 15 is 0 Å². The van der Waals surface area contributed by atoms with Crippen molar-refractivity contribution in [1.82, 2.24) is 4.98 Å². The summed E-state index contributed by atoms with van der Waals surface area (Å²) in [4.78, 5) is 4.41. The molecule has 1 fully saturated rings. The van der Waals surface area contributed by atoms with Gasteiger partial charge in [-0.15, -0.1) is 0 Å². The van der Waals surface area contributed by atoms with Gasteiger partial charge in [-0.25, -0.2) is 0 Å². The van der Waals surface area contributed by atoms with Crippen LogP contribution in [0.25, 0.3) is 10.8 Å². The van der Waals surface area contributed by atoms with Crippen LogP contribution in [0.4, 0.5) is 0 Å². The molecular weight excluding hydrogens is 312 g/mol. The molecule has 0 bridgehead atoms. The van der Waals surface area contributed by atoms with Crippen molar-refractivity contribution < 1.29 is 9.47 Å². The van der Waals surface area contributed by atoms with Gasteiger partial charge in [-0.3, -0.25) is 4.98 Å². The summed E-state index contributed by atoms with van der Waals surface area (Å²) in [6.07, 6.45) is 4.43. The number of nitrogens with two attached hydrogens (primary N) is 1. The number of nitrogens with zero attached hydrogens (tertiary/aromatic N) is 1. The molecule has 0 aliphatic heterocycles. The van der Waals surface area contributed by atoms with Crippen LogP contribution < -0.4 is 15.2 Å². The molecule has 128 valence electrons. The Labute approximate surface area is 147 Å². The summed E-state index contributed by atoms with van der Waals surface area (Å²) < 4.78 is 11.7. The van der Waals surface area contributed by atoms with E-state index in [0.717, 1.165) is 46.2 Å². The highest BCUT2D eigenvalue weighted by Gasteiger charge is 2.21. The molecule has 1 aliphatic rings. The topological polar surface area (TPSA) is 57.4 Å². The molecule has 0 amide bonds. The predicted octanol–water partition coefficient (Wildman–Crippen LogP) is 4.84. The Hall–Kier alpha value is -2.59. The first kappa shape index (κ1) is 15.9. The van der Waals surface area contributed by atoms with Crippen LogP contribution in [0.1, 0.15) is 31.5 Å². The Kier molecular flexibility index (Phi) is 4.28. The van der Waals surface area contributed by atoms with E-state index in [0.29, 0.717) is 0 Å². The lowest BCUT2D eigenvalue weighted by Crippen LogP contribution is -2.06. The highest BCUT2D eigenvalue weighted by molar-refractivity contribution is 5.83. The van der Waals surface area contributed by atoms with Gasteiger partial charge in [0.05, 0.1) is 12.3 Å². The molecule has 4 nitrogen and oxygen atoms in total. The Morgan fingerprint density at radius 3 is 2.44 bits per heavy atom. The molecule has 4 rings (SSSR count). The third-order valence-corrected chi connectivity index (χ3v) is 4.42. The third kappa shape index (κ3) is 3.91. The second-order valence-electron chi connectivity index (χ2n) is 6.73. The number of aromatic nitrogens is 1. The van der Waals surface area contributed by atoms with Crippen LogP contribution in [0.2, 0.25) is 0 Å². The molecule has 2 aromatic carbocycles. The molecule has 2 N–H and O–H groups in total. The van der Waals surface area contributed by atoms with Crippen molar-refractivity contribution in [3.05, 3.63) is 60.4 Å². The average molecular weight is 334 g/mol. The van der Waals surface area contributed by atoms with Crippen LogP contribution in [-0.4, -0.2) is 11.6 Å². The molecule has 1 heterocycles. The predicted molar refractivity (Wildman–Crippen MR) is 99.1 cm³/mol. The molecule has 1 aromatic heterocycles. The van der Waals surface area contributed by atoms with Crippen molar-refractivity contribution in [2.24, 2.45) is 11.7 Å². The SMILES string of the molecule is CC(N)c1cc2ccc(Oc3ccc(OCC4CC4)cc3)cc2cn1. The first-order valence-electron chi connectivity index (χ1n) is 8.73. The molecule has 25 heavy (non-hydrogen) atoms. The highest BCUT2D eigenvalue weighted by Crippen LogP contribution is 2.31.